The maximum Gasteiger partial charge on any atom is 0.300 e. The third-order valence-electron chi connectivity index (χ3n) is 6.54. The van der Waals surface area contributed by atoms with Gasteiger partial charge in [-0.25, -0.2) is 0 Å². The summed E-state index contributed by atoms with van der Waals surface area (Å²) in [5.41, 5.74) is 3.10. The van der Waals surface area contributed by atoms with E-state index < -0.39 is 22.7 Å². The van der Waals surface area contributed by atoms with Crippen LogP contribution in [0.25, 0.3) is 5.76 Å². The third-order valence-corrected chi connectivity index (χ3v) is 6.54. The molecule has 1 saturated heterocycles. The first-order valence-electron chi connectivity index (χ1n) is 11.7. The summed E-state index contributed by atoms with van der Waals surface area (Å²) >= 11 is 0. The summed E-state index contributed by atoms with van der Waals surface area (Å²) in [7, 11) is 0. The van der Waals surface area contributed by atoms with E-state index >= 15 is 0 Å². The number of amides is 1. The lowest BCUT2D eigenvalue weighted by Gasteiger charge is -2.27. The molecule has 1 aliphatic heterocycles. The molecule has 8 heteroatoms. The number of Topliss-reactive ketones (excluding diaryl/α,β-unsaturated/α-hetero) is 1. The summed E-state index contributed by atoms with van der Waals surface area (Å²) in [4.78, 5) is 40.7. The van der Waals surface area contributed by atoms with Crippen LogP contribution in [0.5, 0.6) is 0 Å². The quantitative estimate of drug-likeness (QED) is 0.159. The van der Waals surface area contributed by atoms with Crippen molar-refractivity contribution in [2.45, 2.75) is 26.8 Å². The van der Waals surface area contributed by atoms with Crippen molar-refractivity contribution in [1.82, 2.24) is 0 Å². The van der Waals surface area contributed by atoms with Crippen molar-refractivity contribution >= 4 is 34.5 Å². The molecule has 1 fully saturated rings. The van der Waals surface area contributed by atoms with Crippen LogP contribution in [0.15, 0.2) is 78.4 Å². The average Bonchev–Trinajstić information content (AvgIpc) is 3.15. The van der Waals surface area contributed by atoms with Crippen LogP contribution in [0.3, 0.4) is 0 Å². The van der Waals surface area contributed by atoms with E-state index in [0.717, 1.165) is 24.3 Å². The van der Waals surface area contributed by atoms with Gasteiger partial charge in [0.2, 0.25) is 0 Å². The minimum atomic E-state index is -0.860. The largest absolute Gasteiger partial charge is 0.507 e. The number of rotatable bonds is 7. The minimum Gasteiger partial charge on any atom is -0.507 e. The van der Waals surface area contributed by atoms with Crippen LogP contribution in [0.2, 0.25) is 0 Å². The highest BCUT2D eigenvalue weighted by molar-refractivity contribution is 6.51. The van der Waals surface area contributed by atoms with Gasteiger partial charge >= 0.3 is 0 Å². The second kappa shape index (κ2) is 10.0. The first-order chi connectivity index (χ1) is 17.3. The topological polar surface area (TPSA) is 104 Å². The molecule has 0 spiro atoms. The van der Waals surface area contributed by atoms with Gasteiger partial charge in [-0.15, -0.1) is 0 Å². The maximum absolute atomic E-state index is 13.4. The Kier molecular flexibility index (Phi) is 6.87. The summed E-state index contributed by atoms with van der Waals surface area (Å²) in [6, 6.07) is 19.2. The zero-order valence-corrected chi connectivity index (χ0v) is 20.3. The molecule has 0 bridgehead atoms. The number of aliphatic hydroxyl groups excluding tert-OH is 1. The SMILES string of the molecule is CCN(CC)c1ccc(N2C(=O)C(=O)/C(=C(/O)c3ccc([N+](=O)[O-])cc3)C2c2ccccc2C)cc1. The number of non-ortho nitro benzene ring substituents is 1. The van der Waals surface area contributed by atoms with Gasteiger partial charge in [0.05, 0.1) is 16.5 Å². The van der Waals surface area contributed by atoms with E-state index in [9.17, 15) is 24.8 Å². The van der Waals surface area contributed by atoms with Crippen LogP contribution in [0.4, 0.5) is 17.1 Å². The van der Waals surface area contributed by atoms with Gasteiger partial charge in [-0.3, -0.25) is 24.6 Å². The molecular formula is C28H27N3O5. The highest BCUT2D eigenvalue weighted by atomic mass is 16.6. The Balaban J connectivity index is 1.87. The molecule has 1 N–H and O–H groups in total. The van der Waals surface area contributed by atoms with Gasteiger partial charge in [-0.2, -0.15) is 0 Å². The number of carbonyl (C=O) groups is 2. The molecule has 0 radical (unpaired) electrons. The Morgan fingerprint density at radius 1 is 0.972 bits per heavy atom. The van der Waals surface area contributed by atoms with Crippen LogP contribution in [-0.4, -0.2) is 34.8 Å². The number of aryl methyl sites for hydroxylation is 1. The van der Waals surface area contributed by atoms with Crippen molar-refractivity contribution in [3.8, 4) is 0 Å². The summed E-state index contributed by atoms with van der Waals surface area (Å²) in [6.45, 7) is 7.67. The first-order valence-corrected chi connectivity index (χ1v) is 11.7. The molecule has 3 aromatic rings. The lowest BCUT2D eigenvalue weighted by molar-refractivity contribution is -0.384. The molecule has 0 aliphatic carbocycles. The molecule has 4 rings (SSSR count). The Bertz CT molecular complexity index is 1340. The molecule has 3 aromatic carbocycles. The number of aliphatic hydroxyl groups is 1. The van der Waals surface area contributed by atoms with E-state index in [2.05, 4.69) is 18.7 Å². The second-order valence-corrected chi connectivity index (χ2v) is 8.52. The minimum absolute atomic E-state index is 0.0593. The van der Waals surface area contributed by atoms with Crippen LogP contribution >= 0.6 is 0 Å². The number of carbonyl (C=O) groups excluding carboxylic acids is 2. The Labute approximate surface area is 209 Å². The van der Waals surface area contributed by atoms with Crippen molar-refractivity contribution in [1.29, 1.82) is 0 Å². The van der Waals surface area contributed by atoms with Crippen LogP contribution in [0.1, 0.15) is 36.6 Å². The summed E-state index contributed by atoms with van der Waals surface area (Å²) in [5, 5.41) is 22.2. The van der Waals surface area contributed by atoms with Gasteiger partial charge in [0.15, 0.2) is 0 Å². The molecule has 0 saturated carbocycles. The van der Waals surface area contributed by atoms with Crippen molar-refractivity contribution in [2.75, 3.05) is 22.9 Å². The predicted octanol–water partition coefficient (Wildman–Crippen LogP) is 5.38. The fraction of sp³-hybridized carbons (Fsp3) is 0.214. The van der Waals surface area contributed by atoms with E-state index in [1.807, 2.05) is 43.3 Å². The lowest BCUT2D eigenvalue weighted by atomic mass is 9.92. The summed E-state index contributed by atoms with van der Waals surface area (Å²) < 4.78 is 0. The fourth-order valence-electron chi connectivity index (χ4n) is 4.60. The van der Waals surface area contributed by atoms with Crippen molar-refractivity contribution < 1.29 is 19.6 Å². The van der Waals surface area contributed by atoms with E-state index in [1.54, 1.807) is 12.1 Å². The molecule has 1 heterocycles. The lowest BCUT2D eigenvalue weighted by Crippen LogP contribution is -2.30. The van der Waals surface area contributed by atoms with Gasteiger partial charge in [0.1, 0.15) is 5.76 Å². The average molecular weight is 486 g/mol. The van der Waals surface area contributed by atoms with E-state index in [-0.39, 0.29) is 22.6 Å². The monoisotopic (exact) mass is 485 g/mol. The molecule has 1 aliphatic rings. The molecule has 36 heavy (non-hydrogen) atoms. The number of benzene rings is 3. The predicted molar refractivity (Wildman–Crippen MR) is 139 cm³/mol. The highest BCUT2D eigenvalue weighted by Crippen LogP contribution is 2.43. The number of nitro benzene ring substituents is 1. The van der Waals surface area contributed by atoms with E-state index in [1.165, 1.54) is 29.2 Å². The number of hydrogen-bond acceptors (Lipinski definition) is 6. The van der Waals surface area contributed by atoms with Crippen molar-refractivity contribution in [2.24, 2.45) is 0 Å². The molecule has 8 nitrogen and oxygen atoms in total. The molecule has 1 amide bonds. The maximum atomic E-state index is 13.4. The van der Waals surface area contributed by atoms with Gasteiger partial charge < -0.3 is 10.0 Å². The first kappa shape index (κ1) is 24.7. The van der Waals surface area contributed by atoms with Crippen LogP contribution < -0.4 is 9.80 Å². The smallest absolute Gasteiger partial charge is 0.300 e. The number of nitrogens with zero attached hydrogens (tertiary/aromatic N) is 3. The molecule has 0 aromatic heterocycles. The normalized spacial score (nSPS) is 16.9. The van der Waals surface area contributed by atoms with Gasteiger partial charge in [-0.05, 0) is 68.3 Å². The van der Waals surface area contributed by atoms with Gasteiger partial charge in [0, 0.05) is 42.2 Å². The Hall–Kier alpha value is -4.46. The highest BCUT2D eigenvalue weighted by Gasteiger charge is 2.47. The summed E-state index contributed by atoms with van der Waals surface area (Å²) in [6.07, 6.45) is 0. The van der Waals surface area contributed by atoms with Crippen LogP contribution in [0, 0.1) is 17.0 Å². The standard InChI is InChI=1S/C28H27N3O5/c1-4-29(5-2)20-14-16-21(17-15-20)30-25(23-9-7-6-8-18(23)3)24(27(33)28(30)34)26(32)19-10-12-22(13-11-19)31(35)36/h6-17,25,32H,4-5H2,1-3H3/b26-24+. The third kappa shape index (κ3) is 4.33. The fourth-order valence-corrected chi connectivity index (χ4v) is 4.60. The zero-order valence-electron chi connectivity index (χ0n) is 20.3. The second-order valence-electron chi connectivity index (χ2n) is 8.52. The molecule has 184 valence electrons. The van der Waals surface area contributed by atoms with Crippen molar-refractivity contribution in [3.05, 3.63) is 105 Å². The molecular weight excluding hydrogens is 458 g/mol. The van der Waals surface area contributed by atoms with Crippen LogP contribution in [-0.2, 0) is 9.59 Å². The van der Waals surface area contributed by atoms with E-state index in [0.29, 0.717) is 11.3 Å². The number of ketones is 1. The van der Waals surface area contributed by atoms with Gasteiger partial charge in [0.25, 0.3) is 17.4 Å². The summed E-state index contributed by atoms with van der Waals surface area (Å²) in [5.74, 6) is -1.94. The Morgan fingerprint density at radius 2 is 1.58 bits per heavy atom. The van der Waals surface area contributed by atoms with Crippen molar-refractivity contribution in [3.63, 3.8) is 0 Å². The van der Waals surface area contributed by atoms with E-state index in [4.69, 9.17) is 0 Å². The molecule has 1 unspecified atom stereocenters. The Morgan fingerprint density at radius 3 is 2.14 bits per heavy atom. The number of anilines is 2. The number of nitro groups is 1. The number of hydrogen-bond donors (Lipinski definition) is 1. The molecule has 1 atom stereocenters. The van der Waals surface area contributed by atoms with Gasteiger partial charge in [-0.1, -0.05) is 24.3 Å². The zero-order chi connectivity index (χ0) is 26.0.